The summed E-state index contributed by atoms with van der Waals surface area (Å²) >= 11 is 6.20. The van der Waals surface area contributed by atoms with Gasteiger partial charge in [0.05, 0.1) is 19.2 Å². The van der Waals surface area contributed by atoms with Gasteiger partial charge < -0.3 is 15.4 Å². The first-order valence-electron chi connectivity index (χ1n) is 6.99. The molecule has 0 saturated carbocycles. The number of rotatable bonds is 4. The Morgan fingerprint density at radius 1 is 1.50 bits per heavy atom. The lowest BCUT2D eigenvalue weighted by Crippen LogP contribution is -2.48. The van der Waals surface area contributed by atoms with Crippen LogP contribution in [0.25, 0.3) is 0 Å². The molecule has 1 heterocycles. The number of nitrogens with zero attached hydrogens (tertiary/aromatic N) is 1. The molecule has 2 atom stereocenters. The molecule has 0 aromatic heterocycles. The fraction of sp³-hybridized carbons (Fsp3) is 0.533. The molecule has 0 spiro atoms. The molecule has 110 valence electrons. The van der Waals surface area contributed by atoms with Crippen molar-refractivity contribution in [1.82, 2.24) is 4.90 Å². The maximum Gasteiger partial charge on any atom is 0.223 e. The Bertz CT molecular complexity index is 467. The molecule has 0 unspecified atom stereocenters. The molecule has 20 heavy (non-hydrogen) atoms. The van der Waals surface area contributed by atoms with Crippen LogP contribution in [0.3, 0.4) is 0 Å². The molecule has 1 fully saturated rings. The summed E-state index contributed by atoms with van der Waals surface area (Å²) in [6, 6.07) is 7.72. The van der Waals surface area contributed by atoms with Gasteiger partial charge in [-0.3, -0.25) is 4.79 Å². The van der Waals surface area contributed by atoms with Crippen LogP contribution < -0.4 is 5.73 Å². The highest BCUT2D eigenvalue weighted by atomic mass is 35.5. The van der Waals surface area contributed by atoms with E-state index in [1.165, 1.54) is 0 Å². The van der Waals surface area contributed by atoms with Gasteiger partial charge >= 0.3 is 0 Å². The third-order valence-electron chi connectivity index (χ3n) is 3.60. The van der Waals surface area contributed by atoms with Gasteiger partial charge in [0.25, 0.3) is 0 Å². The predicted octanol–water partition coefficient (Wildman–Crippen LogP) is 2.37. The lowest BCUT2D eigenvalue weighted by molar-refractivity contribution is -0.144. The summed E-state index contributed by atoms with van der Waals surface area (Å²) in [5.41, 5.74) is 6.41. The summed E-state index contributed by atoms with van der Waals surface area (Å²) in [5.74, 6) is 0.142. The summed E-state index contributed by atoms with van der Waals surface area (Å²) < 4.78 is 5.84. The number of carbonyl (C=O) groups excluding carboxylic acids is 1. The molecule has 1 amide bonds. The van der Waals surface area contributed by atoms with Crippen molar-refractivity contribution in [2.75, 3.05) is 19.7 Å². The van der Waals surface area contributed by atoms with Crippen LogP contribution in [-0.4, -0.2) is 36.5 Å². The monoisotopic (exact) mass is 296 g/mol. The van der Waals surface area contributed by atoms with Crippen LogP contribution in [0.4, 0.5) is 0 Å². The summed E-state index contributed by atoms with van der Waals surface area (Å²) in [6.45, 7) is 3.63. The molecule has 1 saturated heterocycles. The summed E-state index contributed by atoms with van der Waals surface area (Å²) in [5, 5.41) is 0.682. The predicted molar refractivity (Wildman–Crippen MR) is 79.6 cm³/mol. The van der Waals surface area contributed by atoms with Crippen molar-refractivity contribution in [2.24, 2.45) is 5.73 Å². The number of hydrogen-bond acceptors (Lipinski definition) is 3. The van der Waals surface area contributed by atoms with E-state index in [0.29, 0.717) is 31.1 Å². The molecule has 1 aliphatic rings. The van der Waals surface area contributed by atoms with Gasteiger partial charge in [0, 0.05) is 17.0 Å². The number of carbonyl (C=O) groups is 1. The minimum Gasteiger partial charge on any atom is -0.369 e. The summed E-state index contributed by atoms with van der Waals surface area (Å²) in [4.78, 5) is 14.1. The minimum atomic E-state index is -0.151. The summed E-state index contributed by atoms with van der Waals surface area (Å²) in [6.07, 6.45) is 1.07. The maximum absolute atomic E-state index is 12.2. The van der Waals surface area contributed by atoms with E-state index < -0.39 is 0 Å². The summed E-state index contributed by atoms with van der Waals surface area (Å²) in [7, 11) is 0. The van der Waals surface area contributed by atoms with Gasteiger partial charge in [0.2, 0.25) is 5.91 Å². The molecule has 0 bridgehead atoms. The Balaban J connectivity index is 2.08. The number of benzene rings is 1. The molecule has 0 radical (unpaired) electrons. The smallest absolute Gasteiger partial charge is 0.223 e. The first-order valence-corrected chi connectivity index (χ1v) is 7.37. The lowest BCUT2D eigenvalue weighted by atomic mass is 10.1. The second-order valence-corrected chi connectivity index (χ2v) is 5.54. The standard InChI is InChI=1S/C15H21ClN2O2/c1-11-10-20-14(12-5-2-3-6-13(12)16)9-18(11)15(19)7-4-8-17/h2-3,5-6,11,14H,4,7-10,17H2,1H3/t11-,14-/m0/s1. The quantitative estimate of drug-likeness (QED) is 0.928. The molecule has 4 nitrogen and oxygen atoms in total. The van der Waals surface area contributed by atoms with E-state index in [9.17, 15) is 4.79 Å². The zero-order valence-electron chi connectivity index (χ0n) is 11.7. The second-order valence-electron chi connectivity index (χ2n) is 5.13. The van der Waals surface area contributed by atoms with E-state index in [1.807, 2.05) is 36.1 Å². The average molecular weight is 297 g/mol. The molecular formula is C15H21ClN2O2. The highest BCUT2D eigenvalue weighted by molar-refractivity contribution is 6.31. The first kappa shape index (κ1) is 15.3. The van der Waals surface area contributed by atoms with Gasteiger partial charge in [-0.05, 0) is 26.0 Å². The Kier molecular flexibility index (Phi) is 5.40. The van der Waals surface area contributed by atoms with Gasteiger partial charge in [-0.1, -0.05) is 29.8 Å². The van der Waals surface area contributed by atoms with Crippen LogP contribution >= 0.6 is 11.6 Å². The fourth-order valence-electron chi connectivity index (χ4n) is 2.43. The third kappa shape index (κ3) is 3.51. The van der Waals surface area contributed by atoms with Crippen molar-refractivity contribution in [3.05, 3.63) is 34.9 Å². The number of nitrogens with two attached hydrogens (primary N) is 1. The van der Waals surface area contributed by atoms with Crippen molar-refractivity contribution in [3.8, 4) is 0 Å². The Morgan fingerprint density at radius 2 is 2.25 bits per heavy atom. The van der Waals surface area contributed by atoms with E-state index in [2.05, 4.69) is 0 Å². The van der Waals surface area contributed by atoms with E-state index in [4.69, 9.17) is 22.1 Å². The lowest BCUT2D eigenvalue weighted by Gasteiger charge is -2.38. The molecular weight excluding hydrogens is 276 g/mol. The van der Waals surface area contributed by atoms with Gasteiger partial charge in [0.1, 0.15) is 6.10 Å². The highest BCUT2D eigenvalue weighted by Gasteiger charge is 2.30. The van der Waals surface area contributed by atoms with Crippen LogP contribution in [0.2, 0.25) is 5.02 Å². The SMILES string of the molecule is C[C@H]1CO[C@H](c2ccccc2Cl)CN1C(=O)CCCN. The normalized spacial score (nSPS) is 22.9. The topological polar surface area (TPSA) is 55.6 Å². The molecule has 1 aromatic rings. The van der Waals surface area contributed by atoms with Crippen molar-refractivity contribution < 1.29 is 9.53 Å². The number of amides is 1. The molecule has 0 aliphatic carbocycles. The number of hydrogen-bond donors (Lipinski definition) is 1. The van der Waals surface area contributed by atoms with Crippen LogP contribution in [-0.2, 0) is 9.53 Å². The Morgan fingerprint density at radius 3 is 2.95 bits per heavy atom. The fourth-order valence-corrected chi connectivity index (χ4v) is 2.68. The number of halogens is 1. The van der Waals surface area contributed by atoms with E-state index in [0.717, 1.165) is 12.0 Å². The van der Waals surface area contributed by atoms with Crippen molar-refractivity contribution in [1.29, 1.82) is 0 Å². The van der Waals surface area contributed by atoms with E-state index in [-0.39, 0.29) is 18.1 Å². The molecule has 5 heteroatoms. The second kappa shape index (κ2) is 7.07. The van der Waals surface area contributed by atoms with Crippen LogP contribution in [0, 0.1) is 0 Å². The number of morpholine rings is 1. The van der Waals surface area contributed by atoms with Crippen LogP contribution in [0.1, 0.15) is 31.4 Å². The van der Waals surface area contributed by atoms with Gasteiger partial charge in [-0.25, -0.2) is 0 Å². The molecule has 1 aromatic carbocycles. The van der Waals surface area contributed by atoms with Crippen molar-refractivity contribution in [3.63, 3.8) is 0 Å². The van der Waals surface area contributed by atoms with Crippen molar-refractivity contribution >= 4 is 17.5 Å². The zero-order valence-corrected chi connectivity index (χ0v) is 12.5. The van der Waals surface area contributed by atoms with E-state index >= 15 is 0 Å². The number of ether oxygens (including phenoxy) is 1. The largest absolute Gasteiger partial charge is 0.369 e. The Hall–Kier alpha value is -1.10. The average Bonchev–Trinajstić information content (AvgIpc) is 2.46. The third-order valence-corrected chi connectivity index (χ3v) is 3.94. The van der Waals surface area contributed by atoms with Gasteiger partial charge in [-0.15, -0.1) is 0 Å². The molecule has 2 rings (SSSR count). The van der Waals surface area contributed by atoms with Gasteiger partial charge in [-0.2, -0.15) is 0 Å². The molecule has 2 N–H and O–H groups in total. The van der Waals surface area contributed by atoms with Crippen LogP contribution in [0.15, 0.2) is 24.3 Å². The van der Waals surface area contributed by atoms with Crippen molar-refractivity contribution in [2.45, 2.75) is 31.9 Å². The zero-order chi connectivity index (χ0) is 14.5. The van der Waals surface area contributed by atoms with Crippen LogP contribution in [0.5, 0.6) is 0 Å². The van der Waals surface area contributed by atoms with E-state index in [1.54, 1.807) is 0 Å². The minimum absolute atomic E-state index is 0.0963. The first-order chi connectivity index (χ1) is 9.63. The van der Waals surface area contributed by atoms with Gasteiger partial charge in [0.15, 0.2) is 0 Å². The Labute approximate surface area is 124 Å². The maximum atomic E-state index is 12.2. The highest BCUT2D eigenvalue weighted by Crippen LogP contribution is 2.30. The molecule has 1 aliphatic heterocycles.